The smallest absolute Gasteiger partial charge is 0.255 e. The predicted octanol–water partition coefficient (Wildman–Crippen LogP) is 3.14. The highest BCUT2D eigenvalue weighted by Crippen LogP contribution is 2.24. The third kappa shape index (κ3) is 4.20. The molecular weight excluding hydrogens is 386 g/mol. The van der Waals surface area contributed by atoms with Crippen LogP contribution in [0.3, 0.4) is 0 Å². The third-order valence-electron chi connectivity index (χ3n) is 3.72. The number of hydrogen-bond acceptors (Lipinski definition) is 3. The van der Waals surface area contributed by atoms with Crippen molar-refractivity contribution in [1.29, 1.82) is 0 Å². The van der Waals surface area contributed by atoms with Gasteiger partial charge in [0.25, 0.3) is 5.91 Å². The molecule has 0 spiro atoms. The van der Waals surface area contributed by atoms with Gasteiger partial charge < -0.3 is 4.90 Å². The third-order valence-corrected chi connectivity index (χ3v) is 5.86. The van der Waals surface area contributed by atoms with Gasteiger partial charge in [-0.1, -0.05) is 17.7 Å². The van der Waals surface area contributed by atoms with E-state index in [9.17, 15) is 22.0 Å². The van der Waals surface area contributed by atoms with Crippen LogP contribution >= 0.6 is 11.6 Å². The maximum Gasteiger partial charge on any atom is 0.255 e. The topological polar surface area (TPSA) is 57.7 Å². The van der Waals surface area contributed by atoms with Crippen molar-refractivity contribution in [2.45, 2.75) is 11.4 Å². The molecule has 1 amide bonds. The number of carbonyl (C=O) groups is 1. The lowest BCUT2D eigenvalue weighted by Crippen LogP contribution is -2.28. The Bertz CT molecular complexity index is 949. The molecule has 2 rings (SSSR count). The summed E-state index contributed by atoms with van der Waals surface area (Å²) in [6, 6.07) is 6.85. The van der Waals surface area contributed by atoms with Gasteiger partial charge in [0.1, 0.15) is 11.6 Å². The Balaban J connectivity index is 2.33. The predicted molar refractivity (Wildman–Crippen MR) is 94.5 cm³/mol. The number of sulfonamides is 1. The van der Waals surface area contributed by atoms with Gasteiger partial charge in [-0.2, -0.15) is 0 Å². The maximum absolute atomic E-state index is 13.8. The van der Waals surface area contributed by atoms with Gasteiger partial charge in [-0.05, 0) is 24.3 Å². The van der Waals surface area contributed by atoms with Gasteiger partial charge in [-0.25, -0.2) is 21.5 Å². The number of amides is 1. The van der Waals surface area contributed by atoms with E-state index in [4.69, 9.17) is 11.6 Å². The van der Waals surface area contributed by atoms with Crippen molar-refractivity contribution in [3.8, 4) is 0 Å². The first-order valence-electron chi connectivity index (χ1n) is 7.45. The second-order valence-corrected chi connectivity index (χ2v) is 8.39. The average Bonchev–Trinajstić information content (AvgIpc) is 2.56. The molecule has 0 aromatic heterocycles. The Labute approximate surface area is 155 Å². The molecule has 0 saturated heterocycles. The quantitative estimate of drug-likeness (QED) is 0.772. The van der Waals surface area contributed by atoms with Crippen molar-refractivity contribution < 1.29 is 22.0 Å². The Morgan fingerprint density at radius 2 is 1.73 bits per heavy atom. The van der Waals surface area contributed by atoms with E-state index in [0.29, 0.717) is 0 Å². The summed E-state index contributed by atoms with van der Waals surface area (Å²) in [5.41, 5.74) is 0.0926. The van der Waals surface area contributed by atoms with Crippen LogP contribution in [-0.2, 0) is 16.6 Å². The summed E-state index contributed by atoms with van der Waals surface area (Å²) in [6.45, 7) is -0.133. The normalized spacial score (nSPS) is 11.7. The monoisotopic (exact) mass is 402 g/mol. The summed E-state index contributed by atoms with van der Waals surface area (Å²) in [5.74, 6) is -2.08. The van der Waals surface area contributed by atoms with Crippen molar-refractivity contribution in [1.82, 2.24) is 9.21 Å². The van der Waals surface area contributed by atoms with Gasteiger partial charge >= 0.3 is 0 Å². The van der Waals surface area contributed by atoms with Crippen LogP contribution in [-0.4, -0.2) is 44.7 Å². The molecule has 140 valence electrons. The van der Waals surface area contributed by atoms with E-state index in [1.54, 1.807) is 0 Å². The lowest BCUT2D eigenvalue weighted by Gasteiger charge is -2.19. The molecule has 0 fully saturated rings. The molecule has 0 bridgehead atoms. The summed E-state index contributed by atoms with van der Waals surface area (Å²) < 4.78 is 52.2. The molecule has 2 aromatic rings. The second-order valence-electron chi connectivity index (χ2n) is 5.83. The molecule has 26 heavy (non-hydrogen) atoms. The minimum absolute atomic E-state index is 0.0281. The standard InChI is InChI=1S/C17H17ClF2N2O3S/c1-21(2)26(24,25)13-6-7-15(18)14(9-13)17(23)22(3)10-11-4-5-12(19)8-16(11)20/h4-9H,10H2,1-3H3. The number of hydrogen-bond donors (Lipinski definition) is 0. The van der Waals surface area contributed by atoms with Crippen LogP contribution < -0.4 is 0 Å². The van der Waals surface area contributed by atoms with E-state index in [0.717, 1.165) is 16.4 Å². The number of halogens is 3. The first kappa shape index (κ1) is 20.3. The van der Waals surface area contributed by atoms with Gasteiger partial charge in [0.05, 0.1) is 15.5 Å². The summed E-state index contributed by atoms with van der Waals surface area (Å²) in [6.07, 6.45) is 0. The number of nitrogens with zero attached hydrogens (tertiary/aromatic N) is 2. The van der Waals surface area contributed by atoms with Crippen molar-refractivity contribution in [2.24, 2.45) is 0 Å². The molecule has 5 nitrogen and oxygen atoms in total. The van der Waals surface area contributed by atoms with Gasteiger partial charge in [0.15, 0.2) is 0 Å². The Morgan fingerprint density at radius 3 is 2.31 bits per heavy atom. The van der Waals surface area contributed by atoms with E-state index in [2.05, 4.69) is 0 Å². The second kappa shape index (κ2) is 7.69. The van der Waals surface area contributed by atoms with Crippen LogP contribution in [0.4, 0.5) is 8.78 Å². The highest BCUT2D eigenvalue weighted by Gasteiger charge is 2.22. The number of carbonyl (C=O) groups excluding carboxylic acids is 1. The Morgan fingerprint density at radius 1 is 1.08 bits per heavy atom. The van der Waals surface area contributed by atoms with E-state index in [1.807, 2.05) is 0 Å². The van der Waals surface area contributed by atoms with Crippen LogP contribution in [0.2, 0.25) is 5.02 Å². The van der Waals surface area contributed by atoms with Crippen LogP contribution in [0, 0.1) is 11.6 Å². The molecule has 0 unspecified atom stereocenters. The van der Waals surface area contributed by atoms with Crippen molar-refractivity contribution in [3.05, 3.63) is 64.2 Å². The maximum atomic E-state index is 13.8. The van der Waals surface area contributed by atoms with Gasteiger partial charge in [-0.15, -0.1) is 0 Å². The summed E-state index contributed by atoms with van der Waals surface area (Å²) >= 11 is 6.04. The van der Waals surface area contributed by atoms with Crippen LogP contribution in [0.15, 0.2) is 41.3 Å². The fourth-order valence-corrected chi connectivity index (χ4v) is 3.35. The number of rotatable bonds is 5. The average molecular weight is 403 g/mol. The molecule has 0 N–H and O–H groups in total. The molecular formula is C17H17ClF2N2O3S. The van der Waals surface area contributed by atoms with Crippen LogP contribution in [0.25, 0.3) is 0 Å². The molecule has 0 radical (unpaired) electrons. The highest BCUT2D eigenvalue weighted by molar-refractivity contribution is 7.89. The molecule has 9 heteroatoms. The molecule has 0 heterocycles. The zero-order valence-corrected chi connectivity index (χ0v) is 15.9. The van der Waals surface area contributed by atoms with E-state index >= 15 is 0 Å². The molecule has 0 aliphatic rings. The van der Waals surface area contributed by atoms with Gasteiger partial charge in [-0.3, -0.25) is 4.79 Å². The molecule has 0 aliphatic heterocycles. The molecule has 0 atom stereocenters. The minimum atomic E-state index is -3.74. The molecule has 0 aliphatic carbocycles. The lowest BCUT2D eigenvalue weighted by molar-refractivity contribution is 0.0783. The molecule has 2 aromatic carbocycles. The zero-order valence-electron chi connectivity index (χ0n) is 14.3. The van der Waals surface area contributed by atoms with Crippen molar-refractivity contribution in [3.63, 3.8) is 0 Å². The highest BCUT2D eigenvalue weighted by atomic mass is 35.5. The zero-order chi connectivity index (χ0) is 19.6. The van der Waals surface area contributed by atoms with Crippen molar-refractivity contribution in [2.75, 3.05) is 21.1 Å². The summed E-state index contributed by atoms with van der Waals surface area (Å²) in [7, 11) is 0.408. The Kier molecular flexibility index (Phi) is 6.00. The Hall–Kier alpha value is -2.03. The first-order chi connectivity index (χ1) is 12.0. The van der Waals surface area contributed by atoms with Gasteiger partial charge in [0.2, 0.25) is 10.0 Å². The van der Waals surface area contributed by atoms with E-state index in [1.165, 1.54) is 50.3 Å². The van der Waals surface area contributed by atoms with E-state index < -0.39 is 27.6 Å². The largest absolute Gasteiger partial charge is 0.337 e. The van der Waals surface area contributed by atoms with Crippen molar-refractivity contribution >= 4 is 27.5 Å². The fraction of sp³-hybridized carbons (Fsp3) is 0.235. The summed E-state index contributed by atoms with van der Waals surface area (Å²) in [5, 5.41) is 0.0686. The number of benzene rings is 2. The van der Waals surface area contributed by atoms with E-state index in [-0.39, 0.29) is 27.6 Å². The van der Waals surface area contributed by atoms with Gasteiger partial charge in [0, 0.05) is 39.3 Å². The summed E-state index contributed by atoms with van der Waals surface area (Å²) in [4.78, 5) is 13.7. The SMILES string of the molecule is CN(Cc1ccc(F)cc1F)C(=O)c1cc(S(=O)(=O)N(C)C)ccc1Cl. The van der Waals surface area contributed by atoms with Crippen LogP contribution in [0.5, 0.6) is 0 Å². The first-order valence-corrected chi connectivity index (χ1v) is 9.27. The van der Waals surface area contributed by atoms with Crippen LogP contribution in [0.1, 0.15) is 15.9 Å². The lowest BCUT2D eigenvalue weighted by atomic mass is 10.1. The minimum Gasteiger partial charge on any atom is -0.337 e. The fourth-order valence-electron chi connectivity index (χ4n) is 2.22. The molecule has 0 saturated carbocycles.